The molecule has 1 saturated heterocycles. The summed E-state index contributed by atoms with van der Waals surface area (Å²) in [5.74, 6) is 0.0755. The first-order valence-electron chi connectivity index (χ1n) is 9.22. The quantitative estimate of drug-likeness (QED) is 0.780. The van der Waals surface area contributed by atoms with Crippen LogP contribution in [-0.2, 0) is 27.7 Å². The Balaban J connectivity index is 1.38. The minimum absolute atomic E-state index is 0.0400. The Labute approximate surface area is 163 Å². The highest BCUT2D eigenvalue weighted by Gasteiger charge is 2.31. The van der Waals surface area contributed by atoms with Gasteiger partial charge in [0.05, 0.1) is 13.0 Å². The van der Waals surface area contributed by atoms with E-state index in [1.807, 2.05) is 18.2 Å². The maximum atomic E-state index is 13.9. The second kappa shape index (κ2) is 7.52. The van der Waals surface area contributed by atoms with Crippen molar-refractivity contribution < 1.29 is 22.3 Å². The van der Waals surface area contributed by atoms with E-state index in [1.165, 1.54) is 22.5 Å². The van der Waals surface area contributed by atoms with Crippen molar-refractivity contribution in [3.05, 3.63) is 59.4 Å². The van der Waals surface area contributed by atoms with Crippen LogP contribution in [0.3, 0.4) is 0 Å². The first-order valence-corrected chi connectivity index (χ1v) is 10.7. The standard InChI is InChI=1S/C20H21FN2O4S/c21-17-3-1-2-4-19(17)28(25,26)23-10-8-22(9-11-23)20(24)14-15-5-6-18-16(13-15)7-12-27-18/h1-6,13H,7-12,14H2. The molecule has 2 aromatic carbocycles. The fraction of sp³-hybridized carbons (Fsp3) is 0.350. The van der Waals surface area contributed by atoms with E-state index in [1.54, 1.807) is 4.90 Å². The average molecular weight is 404 g/mol. The van der Waals surface area contributed by atoms with Gasteiger partial charge in [0.2, 0.25) is 15.9 Å². The van der Waals surface area contributed by atoms with Crippen LogP contribution >= 0.6 is 0 Å². The Bertz CT molecular complexity index is 1000. The van der Waals surface area contributed by atoms with Crippen molar-refractivity contribution in [2.45, 2.75) is 17.7 Å². The van der Waals surface area contributed by atoms with Crippen LogP contribution in [0.15, 0.2) is 47.4 Å². The van der Waals surface area contributed by atoms with E-state index >= 15 is 0 Å². The highest BCUT2D eigenvalue weighted by molar-refractivity contribution is 7.89. The zero-order valence-corrected chi connectivity index (χ0v) is 16.1. The summed E-state index contributed by atoms with van der Waals surface area (Å²) >= 11 is 0. The van der Waals surface area contributed by atoms with Crippen LogP contribution in [0.2, 0.25) is 0 Å². The number of benzene rings is 2. The molecule has 0 bridgehead atoms. The summed E-state index contributed by atoms with van der Waals surface area (Å²) in [5, 5.41) is 0. The number of amides is 1. The van der Waals surface area contributed by atoms with Gasteiger partial charge < -0.3 is 9.64 Å². The molecule has 28 heavy (non-hydrogen) atoms. The molecular weight excluding hydrogens is 383 g/mol. The SMILES string of the molecule is O=C(Cc1ccc2c(c1)CCO2)N1CCN(S(=O)(=O)c2ccccc2F)CC1. The van der Waals surface area contributed by atoms with Gasteiger partial charge in [-0.1, -0.05) is 24.3 Å². The van der Waals surface area contributed by atoms with Gasteiger partial charge >= 0.3 is 0 Å². The normalized spacial score (nSPS) is 17.2. The number of hydrogen-bond donors (Lipinski definition) is 0. The van der Waals surface area contributed by atoms with Crippen LogP contribution in [0.5, 0.6) is 5.75 Å². The van der Waals surface area contributed by atoms with Crippen molar-refractivity contribution in [1.82, 2.24) is 9.21 Å². The predicted molar refractivity (Wildman–Crippen MR) is 101 cm³/mol. The third kappa shape index (κ3) is 3.62. The third-order valence-electron chi connectivity index (χ3n) is 5.16. The van der Waals surface area contributed by atoms with Crippen LogP contribution in [0, 0.1) is 5.82 Å². The monoisotopic (exact) mass is 404 g/mol. The number of ether oxygens (including phenoxy) is 1. The highest BCUT2D eigenvalue weighted by Crippen LogP contribution is 2.26. The molecule has 1 fully saturated rings. The summed E-state index contributed by atoms with van der Waals surface area (Å²) in [7, 11) is -3.90. The Hall–Kier alpha value is -2.45. The number of rotatable bonds is 4. The van der Waals surface area contributed by atoms with Gasteiger partial charge in [-0.15, -0.1) is 0 Å². The molecule has 0 unspecified atom stereocenters. The summed E-state index contributed by atoms with van der Waals surface area (Å²) in [6.07, 6.45) is 1.12. The fourth-order valence-corrected chi connectivity index (χ4v) is 5.09. The summed E-state index contributed by atoms with van der Waals surface area (Å²) in [6.45, 7) is 1.56. The summed E-state index contributed by atoms with van der Waals surface area (Å²) in [6, 6.07) is 11.1. The molecule has 0 N–H and O–H groups in total. The number of carbonyl (C=O) groups is 1. The maximum Gasteiger partial charge on any atom is 0.246 e. The largest absolute Gasteiger partial charge is 0.493 e. The molecule has 2 aromatic rings. The lowest BCUT2D eigenvalue weighted by atomic mass is 10.1. The molecule has 2 heterocycles. The number of halogens is 1. The lowest BCUT2D eigenvalue weighted by molar-refractivity contribution is -0.131. The van der Waals surface area contributed by atoms with E-state index in [-0.39, 0.29) is 30.3 Å². The van der Waals surface area contributed by atoms with E-state index in [9.17, 15) is 17.6 Å². The van der Waals surface area contributed by atoms with Gasteiger partial charge in [0.25, 0.3) is 0 Å². The minimum Gasteiger partial charge on any atom is -0.493 e. The van der Waals surface area contributed by atoms with Gasteiger partial charge in [0.15, 0.2) is 0 Å². The number of hydrogen-bond acceptors (Lipinski definition) is 4. The first-order chi connectivity index (χ1) is 13.4. The Morgan fingerprint density at radius 3 is 2.57 bits per heavy atom. The van der Waals surface area contributed by atoms with E-state index in [2.05, 4.69) is 0 Å². The van der Waals surface area contributed by atoms with Gasteiger partial charge in [-0.2, -0.15) is 4.31 Å². The Morgan fingerprint density at radius 1 is 1.07 bits per heavy atom. The van der Waals surface area contributed by atoms with Crippen molar-refractivity contribution >= 4 is 15.9 Å². The smallest absolute Gasteiger partial charge is 0.246 e. The molecule has 0 aromatic heterocycles. The van der Waals surface area contributed by atoms with Gasteiger partial charge in [-0.3, -0.25) is 4.79 Å². The molecular formula is C20H21FN2O4S. The summed E-state index contributed by atoms with van der Waals surface area (Å²) < 4.78 is 45.9. The van der Waals surface area contributed by atoms with E-state index in [0.717, 1.165) is 29.4 Å². The van der Waals surface area contributed by atoms with Crippen molar-refractivity contribution in [3.63, 3.8) is 0 Å². The molecule has 0 radical (unpaired) electrons. The van der Waals surface area contributed by atoms with Crippen molar-refractivity contribution in [2.24, 2.45) is 0 Å². The van der Waals surface area contributed by atoms with Crippen LogP contribution in [-0.4, -0.2) is 56.3 Å². The number of nitrogens with zero attached hydrogens (tertiary/aromatic N) is 2. The molecule has 0 spiro atoms. The third-order valence-corrected chi connectivity index (χ3v) is 7.09. The second-order valence-corrected chi connectivity index (χ2v) is 8.84. The van der Waals surface area contributed by atoms with Crippen molar-refractivity contribution in [3.8, 4) is 5.75 Å². The molecule has 1 amide bonds. The van der Waals surface area contributed by atoms with Crippen LogP contribution in [0.1, 0.15) is 11.1 Å². The molecule has 8 heteroatoms. The molecule has 2 aliphatic heterocycles. The van der Waals surface area contributed by atoms with Gasteiger partial charge in [0, 0.05) is 32.6 Å². The van der Waals surface area contributed by atoms with E-state index in [0.29, 0.717) is 19.7 Å². The lowest BCUT2D eigenvalue weighted by Gasteiger charge is -2.34. The minimum atomic E-state index is -3.90. The predicted octanol–water partition coefficient (Wildman–Crippen LogP) is 1.84. The number of sulfonamides is 1. The molecule has 0 saturated carbocycles. The van der Waals surface area contributed by atoms with E-state index in [4.69, 9.17) is 4.74 Å². The summed E-state index contributed by atoms with van der Waals surface area (Å²) in [5.41, 5.74) is 2.04. The molecule has 0 aliphatic carbocycles. The molecule has 2 aliphatic rings. The van der Waals surface area contributed by atoms with Gasteiger partial charge in [0.1, 0.15) is 16.5 Å². The number of piperazine rings is 1. The number of carbonyl (C=O) groups excluding carboxylic acids is 1. The lowest BCUT2D eigenvalue weighted by Crippen LogP contribution is -2.51. The van der Waals surface area contributed by atoms with Crippen molar-refractivity contribution in [1.29, 1.82) is 0 Å². The zero-order chi connectivity index (χ0) is 19.7. The van der Waals surface area contributed by atoms with Crippen LogP contribution in [0.25, 0.3) is 0 Å². The Kier molecular flexibility index (Phi) is 5.07. The molecule has 148 valence electrons. The van der Waals surface area contributed by atoms with Gasteiger partial charge in [-0.05, 0) is 29.3 Å². The van der Waals surface area contributed by atoms with Crippen LogP contribution < -0.4 is 4.74 Å². The highest BCUT2D eigenvalue weighted by atomic mass is 32.2. The number of fused-ring (bicyclic) bond motifs is 1. The van der Waals surface area contributed by atoms with Gasteiger partial charge in [-0.25, -0.2) is 12.8 Å². The maximum absolute atomic E-state index is 13.9. The molecule has 6 nitrogen and oxygen atoms in total. The zero-order valence-electron chi connectivity index (χ0n) is 15.3. The second-order valence-electron chi connectivity index (χ2n) is 6.93. The van der Waals surface area contributed by atoms with Crippen LogP contribution in [0.4, 0.5) is 4.39 Å². The first kappa shape index (κ1) is 18.9. The topological polar surface area (TPSA) is 66.9 Å². The Morgan fingerprint density at radius 2 is 1.82 bits per heavy atom. The molecule has 4 rings (SSSR count). The van der Waals surface area contributed by atoms with Crippen molar-refractivity contribution in [2.75, 3.05) is 32.8 Å². The van der Waals surface area contributed by atoms with E-state index < -0.39 is 15.8 Å². The summed E-state index contributed by atoms with van der Waals surface area (Å²) in [4.78, 5) is 14.0. The molecule has 0 atom stereocenters. The fourth-order valence-electron chi connectivity index (χ4n) is 3.61. The average Bonchev–Trinajstić information content (AvgIpc) is 3.16.